The van der Waals surface area contributed by atoms with E-state index >= 15 is 0 Å². The molecule has 114 valence electrons. The maximum absolute atomic E-state index is 13.0. The van der Waals surface area contributed by atoms with Crippen molar-refractivity contribution >= 4 is 7.37 Å². The van der Waals surface area contributed by atoms with Crippen LogP contribution in [0.2, 0.25) is 0 Å². The van der Waals surface area contributed by atoms with Gasteiger partial charge in [-0.2, -0.15) is 0 Å². The van der Waals surface area contributed by atoms with Crippen LogP contribution in [0.25, 0.3) is 0 Å². The summed E-state index contributed by atoms with van der Waals surface area (Å²) in [4.78, 5) is 0. The predicted molar refractivity (Wildman–Crippen MR) is 81.3 cm³/mol. The van der Waals surface area contributed by atoms with E-state index in [2.05, 4.69) is 0 Å². The Morgan fingerprint density at radius 2 is 1.85 bits per heavy atom. The highest BCUT2D eigenvalue weighted by Gasteiger charge is 2.33. The first-order valence-corrected chi connectivity index (χ1v) is 9.05. The molecule has 1 aromatic rings. The second-order valence-corrected chi connectivity index (χ2v) is 7.71. The van der Waals surface area contributed by atoms with Gasteiger partial charge in [0.1, 0.15) is 0 Å². The third kappa shape index (κ3) is 5.02. The van der Waals surface area contributed by atoms with Crippen molar-refractivity contribution in [1.29, 1.82) is 0 Å². The van der Waals surface area contributed by atoms with E-state index in [9.17, 15) is 9.67 Å². The average molecular weight is 300 g/mol. The first-order chi connectivity index (χ1) is 9.68. The monoisotopic (exact) mass is 300 g/mol. The number of aliphatic hydroxyl groups excluding tert-OH is 2. The van der Waals surface area contributed by atoms with Crippen LogP contribution in [0.5, 0.6) is 0 Å². The van der Waals surface area contributed by atoms with Crippen LogP contribution in [0.15, 0.2) is 30.3 Å². The van der Waals surface area contributed by atoms with Gasteiger partial charge in [-0.1, -0.05) is 37.3 Å². The van der Waals surface area contributed by atoms with E-state index in [1.54, 1.807) is 0 Å². The predicted octanol–water partition coefficient (Wildman–Crippen LogP) is 3.20. The molecule has 1 aromatic carbocycles. The third-order valence-corrected chi connectivity index (χ3v) is 6.37. The van der Waals surface area contributed by atoms with Gasteiger partial charge >= 0.3 is 0 Å². The molecule has 0 radical (unpaired) electrons. The number of hydrogen-bond acceptors (Lipinski definition) is 4. The SMILES string of the molecule is CCP(=O)(OCCCCO)C(CCO)c1ccccc1. The summed E-state index contributed by atoms with van der Waals surface area (Å²) < 4.78 is 18.7. The van der Waals surface area contributed by atoms with Gasteiger partial charge in [0.2, 0.25) is 7.37 Å². The molecule has 20 heavy (non-hydrogen) atoms. The molecule has 0 saturated heterocycles. The second kappa shape index (κ2) is 9.30. The van der Waals surface area contributed by atoms with E-state index in [-0.39, 0.29) is 18.9 Å². The summed E-state index contributed by atoms with van der Waals surface area (Å²) in [5.74, 6) is 0. The molecule has 1 rings (SSSR count). The van der Waals surface area contributed by atoms with E-state index in [4.69, 9.17) is 9.63 Å². The van der Waals surface area contributed by atoms with E-state index in [0.717, 1.165) is 5.56 Å². The highest BCUT2D eigenvalue weighted by Crippen LogP contribution is 2.61. The van der Waals surface area contributed by atoms with Crippen molar-refractivity contribution in [2.24, 2.45) is 0 Å². The fourth-order valence-corrected chi connectivity index (χ4v) is 4.60. The highest BCUT2D eigenvalue weighted by molar-refractivity contribution is 7.59. The molecular formula is C15H25O4P. The molecule has 0 amide bonds. The molecule has 0 aliphatic rings. The number of rotatable bonds is 10. The Balaban J connectivity index is 2.82. The Kier molecular flexibility index (Phi) is 8.08. The van der Waals surface area contributed by atoms with Gasteiger partial charge in [-0.25, -0.2) is 0 Å². The van der Waals surface area contributed by atoms with Gasteiger partial charge in [0.15, 0.2) is 0 Å². The Labute approximate surface area is 121 Å². The summed E-state index contributed by atoms with van der Waals surface area (Å²) in [6.07, 6.45) is 2.24. The van der Waals surface area contributed by atoms with Crippen LogP contribution in [0, 0.1) is 0 Å². The molecule has 2 N–H and O–H groups in total. The fraction of sp³-hybridized carbons (Fsp3) is 0.600. The summed E-state index contributed by atoms with van der Waals surface area (Å²) in [5.41, 5.74) is 0.696. The number of benzene rings is 1. The molecule has 2 atom stereocenters. The molecule has 0 heterocycles. The fourth-order valence-electron chi connectivity index (χ4n) is 2.22. The topological polar surface area (TPSA) is 66.8 Å². The van der Waals surface area contributed by atoms with Crippen LogP contribution >= 0.6 is 7.37 Å². The molecule has 0 fully saturated rings. The zero-order chi connectivity index (χ0) is 14.8. The quantitative estimate of drug-likeness (QED) is 0.514. The van der Waals surface area contributed by atoms with Gasteiger partial charge in [0.05, 0.1) is 12.3 Å². The summed E-state index contributed by atoms with van der Waals surface area (Å²) >= 11 is 0. The normalized spacial score (nSPS) is 15.8. The summed E-state index contributed by atoms with van der Waals surface area (Å²) in [6.45, 7) is 2.36. The summed E-state index contributed by atoms with van der Waals surface area (Å²) in [5, 5.41) is 18.0. The Bertz CT molecular complexity index is 408. The van der Waals surface area contributed by atoms with Crippen molar-refractivity contribution in [3.63, 3.8) is 0 Å². The van der Waals surface area contributed by atoms with Crippen LogP contribution < -0.4 is 0 Å². The first-order valence-electron chi connectivity index (χ1n) is 7.18. The molecule has 0 aliphatic carbocycles. The smallest absolute Gasteiger partial charge is 0.210 e. The molecular weight excluding hydrogens is 275 g/mol. The highest BCUT2D eigenvalue weighted by atomic mass is 31.2. The number of aliphatic hydroxyl groups is 2. The average Bonchev–Trinajstić information content (AvgIpc) is 2.50. The van der Waals surface area contributed by atoms with Crippen molar-refractivity contribution in [1.82, 2.24) is 0 Å². The van der Waals surface area contributed by atoms with Crippen LogP contribution in [0.1, 0.15) is 37.4 Å². The Morgan fingerprint density at radius 3 is 2.40 bits per heavy atom. The van der Waals surface area contributed by atoms with E-state index in [1.165, 1.54) is 0 Å². The van der Waals surface area contributed by atoms with E-state index < -0.39 is 7.37 Å². The molecule has 0 aliphatic heterocycles. The largest absolute Gasteiger partial charge is 0.396 e. The van der Waals surface area contributed by atoms with Crippen LogP contribution in [0.4, 0.5) is 0 Å². The molecule has 0 bridgehead atoms. The Morgan fingerprint density at radius 1 is 1.15 bits per heavy atom. The first kappa shape index (κ1) is 17.4. The lowest BCUT2D eigenvalue weighted by molar-refractivity contribution is 0.246. The number of unbranched alkanes of at least 4 members (excludes halogenated alkanes) is 1. The van der Waals surface area contributed by atoms with Crippen LogP contribution in [0.3, 0.4) is 0 Å². The summed E-state index contributed by atoms with van der Waals surface area (Å²) in [6, 6.07) is 9.59. The zero-order valence-electron chi connectivity index (χ0n) is 12.1. The van der Waals surface area contributed by atoms with Gasteiger partial charge in [0.25, 0.3) is 0 Å². The lowest BCUT2D eigenvalue weighted by Crippen LogP contribution is -2.08. The standard InChI is InChI=1S/C15H25O4P/c1-2-20(18,19-13-7-6-11-16)15(10-12-17)14-8-4-3-5-9-14/h3-5,8-9,15-17H,2,6-7,10-13H2,1H3. The molecule has 4 nitrogen and oxygen atoms in total. The van der Waals surface area contributed by atoms with Gasteiger partial charge in [0, 0.05) is 19.4 Å². The molecule has 2 unspecified atom stereocenters. The maximum atomic E-state index is 13.0. The van der Waals surface area contributed by atoms with Crippen molar-refractivity contribution in [2.75, 3.05) is 26.0 Å². The van der Waals surface area contributed by atoms with Gasteiger partial charge in [-0.05, 0) is 24.8 Å². The van der Waals surface area contributed by atoms with E-state index in [0.29, 0.717) is 32.0 Å². The second-order valence-electron chi connectivity index (χ2n) is 4.75. The summed E-state index contributed by atoms with van der Waals surface area (Å²) in [7, 11) is -2.83. The molecule has 0 saturated carbocycles. The van der Waals surface area contributed by atoms with Gasteiger partial charge in [-0.15, -0.1) is 0 Å². The van der Waals surface area contributed by atoms with Crippen LogP contribution in [-0.2, 0) is 9.09 Å². The van der Waals surface area contributed by atoms with Crippen molar-refractivity contribution < 1.29 is 19.3 Å². The van der Waals surface area contributed by atoms with Crippen molar-refractivity contribution in [3.8, 4) is 0 Å². The molecule has 0 spiro atoms. The van der Waals surface area contributed by atoms with Gasteiger partial charge < -0.3 is 14.7 Å². The lowest BCUT2D eigenvalue weighted by Gasteiger charge is -2.26. The van der Waals surface area contributed by atoms with E-state index in [1.807, 2.05) is 37.3 Å². The zero-order valence-corrected chi connectivity index (χ0v) is 13.0. The third-order valence-electron chi connectivity index (χ3n) is 3.36. The lowest BCUT2D eigenvalue weighted by atomic mass is 10.1. The minimum Gasteiger partial charge on any atom is -0.396 e. The van der Waals surface area contributed by atoms with Crippen molar-refractivity contribution in [2.45, 2.75) is 31.8 Å². The Hall–Kier alpha value is -0.670. The van der Waals surface area contributed by atoms with Gasteiger partial charge in [-0.3, -0.25) is 4.57 Å². The number of hydrogen-bond donors (Lipinski definition) is 2. The maximum Gasteiger partial charge on any atom is 0.210 e. The van der Waals surface area contributed by atoms with Crippen LogP contribution in [-0.4, -0.2) is 36.2 Å². The molecule has 0 aromatic heterocycles. The molecule has 5 heteroatoms. The van der Waals surface area contributed by atoms with Crippen molar-refractivity contribution in [3.05, 3.63) is 35.9 Å². The minimum atomic E-state index is -2.83. The minimum absolute atomic E-state index is 0.0104.